The highest BCUT2D eigenvalue weighted by molar-refractivity contribution is 5.36. The van der Waals surface area contributed by atoms with Crippen LogP contribution in [0.3, 0.4) is 0 Å². The predicted octanol–water partition coefficient (Wildman–Crippen LogP) is 6.53. The molecule has 25 heavy (non-hydrogen) atoms. The molecule has 4 rings (SSSR count). The van der Waals surface area contributed by atoms with Gasteiger partial charge in [0.1, 0.15) is 11.6 Å². The number of rotatable bonds is 2. The summed E-state index contributed by atoms with van der Waals surface area (Å²) in [5.74, 6) is 1.32. The van der Waals surface area contributed by atoms with E-state index in [1.54, 1.807) is 12.1 Å². The quantitative estimate of drug-likeness (QED) is 0.583. The van der Waals surface area contributed by atoms with E-state index in [0.29, 0.717) is 5.92 Å². The summed E-state index contributed by atoms with van der Waals surface area (Å²) in [4.78, 5) is 0. The highest BCUT2D eigenvalue weighted by Crippen LogP contribution is 2.38. The summed E-state index contributed by atoms with van der Waals surface area (Å²) in [6, 6.07) is 11.0. The minimum atomic E-state index is -0.172. The van der Waals surface area contributed by atoms with Crippen molar-refractivity contribution in [2.24, 2.45) is 5.92 Å². The zero-order valence-corrected chi connectivity index (χ0v) is 14.9. The average Bonchev–Trinajstić information content (AvgIpc) is 2.62. The summed E-state index contributed by atoms with van der Waals surface area (Å²) in [5, 5.41) is 0. The molecule has 0 bridgehead atoms. The van der Waals surface area contributed by atoms with Gasteiger partial charge in [-0.1, -0.05) is 38.0 Å². The summed E-state index contributed by atoms with van der Waals surface area (Å²) in [6.07, 6.45) is 7.42. The van der Waals surface area contributed by atoms with Crippen molar-refractivity contribution in [3.8, 4) is 0 Å². The molecule has 1 atom stereocenters. The molecule has 1 fully saturated rings. The summed E-state index contributed by atoms with van der Waals surface area (Å²) in [7, 11) is 0. The van der Waals surface area contributed by atoms with Crippen LogP contribution in [0.2, 0.25) is 0 Å². The molecule has 0 radical (unpaired) electrons. The minimum Gasteiger partial charge on any atom is -0.207 e. The van der Waals surface area contributed by atoms with Crippen molar-refractivity contribution in [2.45, 2.75) is 63.7 Å². The molecule has 0 spiro atoms. The van der Waals surface area contributed by atoms with Crippen LogP contribution in [0, 0.1) is 17.6 Å². The lowest BCUT2D eigenvalue weighted by atomic mass is 9.77. The largest absolute Gasteiger partial charge is 0.207 e. The van der Waals surface area contributed by atoms with Crippen molar-refractivity contribution in [3.63, 3.8) is 0 Å². The van der Waals surface area contributed by atoms with E-state index in [-0.39, 0.29) is 17.6 Å². The Morgan fingerprint density at radius 3 is 2.36 bits per heavy atom. The fourth-order valence-corrected chi connectivity index (χ4v) is 4.71. The molecular weight excluding hydrogens is 314 g/mol. The van der Waals surface area contributed by atoms with E-state index in [1.807, 2.05) is 12.1 Å². The Balaban J connectivity index is 1.52. The first-order chi connectivity index (χ1) is 12.1. The average molecular weight is 340 g/mol. The van der Waals surface area contributed by atoms with Gasteiger partial charge in [0.25, 0.3) is 0 Å². The highest BCUT2D eigenvalue weighted by atomic mass is 19.1. The molecule has 2 aliphatic carbocycles. The number of hydrogen-bond acceptors (Lipinski definition) is 0. The van der Waals surface area contributed by atoms with Gasteiger partial charge in [0.2, 0.25) is 0 Å². The molecule has 0 amide bonds. The molecule has 1 saturated carbocycles. The zero-order valence-electron chi connectivity index (χ0n) is 14.9. The standard InChI is InChI=1S/C23H26F2/c1-15-2-4-16(5-3-15)19-9-11-22(23(25)14-19)20-7-6-18-13-21(24)10-8-17(18)12-20/h8-11,13-16,20H,2-7,12H2,1H3. The first kappa shape index (κ1) is 16.8. The fourth-order valence-electron chi connectivity index (χ4n) is 4.71. The van der Waals surface area contributed by atoms with Crippen molar-refractivity contribution in [2.75, 3.05) is 0 Å². The minimum absolute atomic E-state index is 0.0494. The lowest BCUT2D eigenvalue weighted by Crippen LogP contribution is -2.15. The molecular formula is C23H26F2. The smallest absolute Gasteiger partial charge is 0.126 e. The molecule has 2 heteroatoms. The second-order valence-electron chi connectivity index (χ2n) is 8.09. The molecule has 2 aliphatic rings. The molecule has 2 aromatic carbocycles. The summed E-state index contributed by atoms with van der Waals surface area (Å²) >= 11 is 0. The Bertz CT molecular complexity index is 757. The molecule has 0 nitrogen and oxygen atoms in total. The Kier molecular flexibility index (Phi) is 4.62. The van der Waals surface area contributed by atoms with Crippen LogP contribution in [0.25, 0.3) is 0 Å². The third-order valence-corrected chi connectivity index (χ3v) is 6.35. The lowest BCUT2D eigenvalue weighted by Gasteiger charge is -2.28. The molecule has 0 aromatic heterocycles. The Morgan fingerprint density at radius 1 is 0.800 bits per heavy atom. The molecule has 0 aliphatic heterocycles. The van der Waals surface area contributed by atoms with E-state index in [0.717, 1.165) is 36.3 Å². The Labute approximate surface area is 149 Å². The van der Waals surface area contributed by atoms with E-state index in [4.69, 9.17) is 0 Å². The van der Waals surface area contributed by atoms with Crippen LogP contribution >= 0.6 is 0 Å². The monoisotopic (exact) mass is 340 g/mol. The van der Waals surface area contributed by atoms with E-state index < -0.39 is 0 Å². The highest BCUT2D eigenvalue weighted by Gasteiger charge is 2.25. The molecule has 132 valence electrons. The third kappa shape index (κ3) is 3.49. The van der Waals surface area contributed by atoms with Crippen molar-refractivity contribution in [1.82, 2.24) is 0 Å². The van der Waals surface area contributed by atoms with Crippen molar-refractivity contribution >= 4 is 0 Å². The number of benzene rings is 2. The van der Waals surface area contributed by atoms with Gasteiger partial charge in [-0.25, -0.2) is 8.78 Å². The number of halogens is 2. The molecule has 1 unspecified atom stereocenters. The van der Waals surface area contributed by atoms with Crippen LogP contribution in [-0.2, 0) is 12.8 Å². The van der Waals surface area contributed by atoms with Gasteiger partial charge in [0.05, 0.1) is 0 Å². The summed E-state index contributed by atoms with van der Waals surface area (Å²) in [6.45, 7) is 2.31. The van der Waals surface area contributed by atoms with Crippen molar-refractivity contribution < 1.29 is 8.78 Å². The first-order valence-electron chi connectivity index (χ1n) is 9.67. The lowest BCUT2D eigenvalue weighted by molar-refractivity contribution is 0.347. The maximum Gasteiger partial charge on any atom is 0.126 e. The zero-order chi connectivity index (χ0) is 17.4. The normalized spacial score (nSPS) is 26.3. The van der Waals surface area contributed by atoms with E-state index in [2.05, 4.69) is 13.0 Å². The van der Waals surface area contributed by atoms with Gasteiger partial charge >= 0.3 is 0 Å². The summed E-state index contributed by atoms with van der Waals surface area (Å²) in [5.41, 5.74) is 4.27. The molecule has 2 aromatic rings. The van der Waals surface area contributed by atoms with Crippen molar-refractivity contribution in [3.05, 3.63) is 70.3 Å². The van der Waals surface area contributed by atoms with Crippen LogP contribution < -0.4 is 0 Å². The maximum atomic E-state index is 14.8. The van der Waals surface area contributed by atoms with Crippen LogP contribution in [0.1, 0.15) is 73.1 Å². The van der Waals surface area contributed by atoms with Crippen LogP contribution in [-0.4, -0.2) is 0 Å². The predicted molar refractivity (Wildman–Crippen MR) is 97.9 cm³/mol. The molecule has 0 N–H and O–H groups in total. The van der Waals surface area contributed by atoms with Crippen LogP contribution in [0.15, 0.2) is 36.4 Å². The number of hydrogen-bond donors (Lipinski definition) is 0. The van der Waals surface area contributed by atoms with Gasteiger partial charge in [0.15, 0.2) is 0 Å². The fraction of sp³-hybridized carbons (Fsp3) is 0.478. The van der Waals surface area contributed by atoms with Gasteiger partial charge in [-0.05, 0) is 90.3 Å². The second-order valence-corrected chi connectivity index (χ2v) is 8.09. The number of aryl methyl sites for hydroxylation is 1. The first-order valence-corrected chi connectivity index (χ1v) is 9.67. The van der Waals surface area contributed by atoms with Gasteiger partial charge in [-0.2, -0.15) is 0 Å². The SMILES string of the molecule is CC1CCC(c2ccc(C3CCc4cc(F)ccc4C3)c(F)c2)CC1. The van der Waals surface area contributed by atoms with Gasteiger partial charge in [-0.3, -0.25) is 0 Å². The summed E-state index contributed by atoms with van der Waals surface area (Å²) < 4.78 is 28.2. The molecule has 0 saturated heterocycles. The van der Waals surface area contributed by atoms with Crippen LogP contribution in [0.4, 0.5) is 8.78 Å². The van der Waals surface area contributed by atoms with Crippen molar-refractivity contribution in [1.29, 1.82) is 0 Å². The van der Waals surface area contributed by atoms with E-state index in [1.165, 1.54) is 42.9 Å². The third-order valence-electron chi connectivity index (χ3n) is 6.35. The van der Waals surface area contributed by atoms with Gasteiger partial charge in [-0.15, -0.1) is 0 Å². The molecule has 0 heterocycles. The van der Waals surface area contributed by atoms with E-state index in [9.17, 15) is 8.78 Å². The number of fused-ring (bicyclic) bond motifs is 1. The Hall–Kier alpha value is -1.70. The second kappa shape index (κ2) is 6.90. The van der Waals surface area contributed by atoms with Gasteiger partial charge < -0.3 is 0 Å². The van der Waals surface area contributed by atoms with Gasteiger partial charge in [0, 0.05) is 0 Å². The van der Waals surface area contributed by atoms with Crippen LogP contribution in [0.5, 0.6) is 0 Å². The van der Waals surface area contributed by atoms with E-state index >= 15 is 0 Å². The topological polar surface area (TPSA) is 0 Å². The maximum absolute atomic E-state index is 14.8. The Morgan fingerprint density at radius 2 is 1.60 bits per heavy atom.